The van der Waals surface area contributed by atoms with Gasteiger partial charge in [0, 0.05) is 18.2 Å². The van der Waals surface area contributed by atoms with Crippen LogP contribution in [0.25, 0.3) is 0 Å². The van der Waals surface area contributed by atoms with Gasteiger partial charge in [-0.25, -0.2) is 0 Å². The molecule has 1 aromatic rings. The minimum atomic E-state index is 0.121. The Morgan fingerprint density at radius 2 is 1.47 bits per heavy atom. The molecule has 0 aliphatic rings. The van der Waals surface area contributed by atoms with Crippen LogP contribution < -0.4 is 0 Å². The lowest BCUT2D eigenvalue weighted by Gasteiger charge is -2.21. The van der Waals surface area contributed by atoms with Gasteiger partial charge in [-0.1, -0.05) is 65.0 Å². The van der Waals surface area contributed by atoms with E-state index in [2.05, 4.69) is 37.9 Å². The summed E-state index contributed by atoms with van der Waals surface area (Å²) in [6, 6.07) is 10.3. The predicted octanol–water partition coefficient (Wildman–Crippen LogP) is 4.18. The van der Waals surface area contributed by atoms with Gasteiger partial charge in [-0.2, -0.15) is 0 Å². The molecule has 0 spiro atoms. The normalized spacial score (nSPS) is 11.7. The fourth-order valence-corrected chi connectivity index (χ4v) is 1.49. The molecular formula is C14H23N. The minimum absolute atomic E-state index is 0.121. The van der Waals surface area contributed by atoms with Crippen molar-refractivity contribution >= 4 is 5.71 Å². The van der Waals surface area contributed by atoms with Crippen LogP contribution >= 0.6 is 0 Å². The molecule has 0 fully saturated rings. The van der Waals surface area contributed by atoms with E-state index in [-0.39, 0.29) is 5.41 Å². The molecule has 0 unspecified atom stereocenters. The Kier molecular flexibility index (Phi) is 5.92. The molecular weight excluding hydrogens is 182 g/mol. The molecule has 1 aromatic carbocycles. The first-order chi connectivity index (χ1) is 7.05. The van der Waals surface area contributed by atoms with Crippen molar-refractivity contribution in [2.24, 2.45) is 10.4 Å². The molecule has 0 bridgehead atoms. The van der Waals surface area contributed by atoms with Crippen LogP contribution in [0.4, 0.5) is 0 Å². The van der Waals surface area contributed by atoms with Crippen LogP contribution in [0.3, 0.4) is 0 Å². The zero-order chi connectivity index (χ0) is 11.9. The standard InChI is InChI=1S/C12H17N.C2H6/c1-12(2,3)11(13-4)10-8-6-5-7-9-10;1-2/h5-9H,1-4H3;1-2H3. The Bertz CT molecular complexity index is 291. The lowest BCUT2D eigenvalue weighted by Crippen LogP contribution is -2.21. The van der Waals surface area contributed by atoms with E-state index >= 15 is 0 Å². The molecule has 0 atom stereocenters. The molecule has 0 heterocycles. The molecule has 0 aromatic heterocycles. The van der Waals surface area contributed by atoms with Crippen molar-refractivity contribution in [1.82, 2.24) is 0 Å². The fraction of sp³-hybridized carbons (Fsp3) is 0.500. The maximum absolute atomic E-state index is 4.35. The van der Waals surface area contributed by atoms with Crippen LogP contribution in [-0.2, 0) is 0 Å². The summed E-state index contributed by atoms with van der Waals surface area (Å²) in [5, 5.41) is 0. The number of aliphatic imine (C=N–C) groups is 1. The second-order valence-corrected chi connectivity index (χ2v) is 4.19. The molecule has 0 saturated carbocycles. The number of nitrogens with zero attached hydrogens (tertiary/aromatic N) is 1. The minimum Gasteiger partial charge on any atom is -0.292 e. The average molecular weight is 205 g/mol. The number of benzene rings is 1. The summed E-state index contributed by atoms with van der Waals surface area (Å²) < 4.78 is 0. The summed E-state index contributed by atoms with van der Waals surface area (Å²) in [7, 11) is 1.85. The van der Waals surface area contributed by atoms with E-state index in [1.165, 1.54) is 5.56 Å². The Morgan fingerprint density at radius 3 is 1.80 bits per heavy atom. The second kappa shape index (κ2) is 6.39. The third-order valence-corrected chi connectivity index (χ3v) is 1.98. The number of hydrogen-bond donors (Lipinski definition) is 0. The van der Waals surface area contributed by atoms with Crippen LogP contribution in [-0.4, -0.2) is 12.8 Å². The summed E-state index contributed by atoms with van der Waals surface area (Å²) >= 11 is 0. The molecule has 0 radical (unpaired) electrons. The monoisotopic (exact) mass is 205 g/mol. The van der Waals surface area contributed by atoms with Gasteiger partial charge in [0.15, 0.2) is 0 Å². The Balaban J connectivity index is 0.000000921. The molecule has 1 rings (SSSR count). The average Bonchev–Trinajstić information content (AvgIpc) is 2.21. The van der Waals surface area contributed by atoms with Gasteiger partial charge in [0.1, 0.15) is 0 Å². The quantitative estimate of drug-likeness (QED) is 0.610. The molecule has 15 heavy (non-hydrogen) atoms. The van der Waals surface area contributed by atoms with E-state index in [4.69, 9.17) is 0 Å². The van der Waals surface area contributed by atoms with E-state index in [9.17, 15) is 0 Å². The van der Waals surface area contributed by atoms with Gasteiger partial charge in [-0.15, -0.1) is 0 Å². The highest BCUT2D eigenvalue weighted by molar-refractivity contribution is 6.03. The van der Waals surface area contributed by atoms with Crippen molar-refractivity contribution < 1.29 is 0 Å². The van der Waals surface area contributed by atoms with Crippen molar-refractivity contribution in [1.29, 1.82) is 0 Å². The summed E-state index contributed by atoms with van der Waals surface area (Å²) in [6.45, 7) is 10.5. The summed E-state index contributed by atoms with van der Waals surface area (Å²) in [6.07, 6.45) is 0. The van der Waals surface area contributed by atoms with Gasteiger partial charge in [-0.05, 0) is 5.56 Å². The Hall–Kier alpha value is -1.11. The molecule has 1 heteroatoms. The zero-order valence-electron chi connectivity index (χ0n) is 10.8. The maximum Gasteiger partial charge on any atom is 0.0470 e. The SMILES string of the molecule is CC.CN=C(c1ccccc1)C(C)(C)C. The van der Waals surface area contributed by atoms with E-state index in [1.807, 2.05) is 39.1 Å². The van der Waals surface area contributed by atoms with Gasteiger partial charge in [0.05, 0.1) is 0 Å². The summed E-state index contributed by atoms with van der Waals surface area (Å²) in [5.74, 6) is 0. The highest BCUT2D eigenvalue weighted by Crippen LogP contribution is 2.21. The maximum atomic E-state index is 4.35. The number of rotatable bonds is 1. The molecule has 0 aliphatic carbocycles. The van der Waals surface area contributed by atoms with E-state index in [0.717, 1.165) is 5.71 Å². The van der Waals surface area contributed by atoms with Crippen LogP contribution in [0.2, 0.25) is 0 Å². The van der Waals surface area contributed by atoms with Crippen LogP contribution in [0, 0.1) is 5.41 Å². The van der Waals surface area contributed by atoms with Gasteiger partial charge in [-0.3, -0.25) is 4.99 Å². The zero-order valence-corrected chi connectivity index (χ0v) is 10.8. The number of hydrogen-bond acceptors (Lipinski definition) is 1. The molecule has 0 saturated heterocycles. The first-order valence-electron chi connectivity index (χ1n) is 5.58. The Morgan fingerprint density at radius 1 is 1.00 bits per heavy atom. The van der Waals surface area contributed by atoms with Crippen molar-refractivity contribution in [3.63, 3.8) is 0 Å². The molecule has 1 nitrogen and oxygen atoms in total. The highest BCUT2D eigenvalue weighted by atomic mass is 14.7. The smallest absolute Gasteiger partial charge is 0.0470 e. The molecule has 0 aliphatic heterocycles. The van der Waals surface area contributed by atoms with Crippen LogP contribution in [0.5, 0.6) is 0 Å². The lowest BCUT2D eigenvalue weighted by atomic mass is 9.85. The van der Waals surface area contributed by atoms with Crippen molar-refractivity contribution in [3.05, 3.63) is 35.9 Å². The molecule has 0 N–H and O–H groups in total. The lowest BCUT2D eigenvalue weighted by molar-refractivity contribution is 0.591. The van der Waals surface area contributed by atoms with Gasteiger partial charge in [0.25, 0.3) is 0 Å². The molecule has 0 amide bonds. The van der Waals surface area contributed by atoms with Crippen molar-refractivity contribution in [2.45, 2.75) is 34.6 Å². The van der Waals surface area contributed by atoms with Gasteiger partial charge < -0.3 is 0 Å². The van der Waals surface area contributed by atoms with E-state index in [1.54, 1.807) is 0 Å². The van der Waals surface area contributed by atoms with Crippen molar-refractivity contribution in [2.75, 3.05) is 7.05 Å². The van der Waals surface area contributed by atoms with Gasteiger partial charge in [0.2, 0.25) is 0 Å². The van der Waals surface area contributed by atoms with E-state index < -0.39 is 0 Å². The fourth-order valence-electron chi connectivity index (χ4n) is 1.49. The first-order valence-corrected chi connectivity index (χ1v) is 5.58. The largest absolute Gasteiger partial charge is 0.292 e. The first kappa shape index (κ1) is 13.9. The van der Waals surface area contributed by atoms with Crippen molar-refractivity contribution in [3.8, 4) is 0 Å². The topological polar surface area (TPSA) is 12.4 Å². The second-order valence-electron chi connectivity index (χ2n) is 4.19. The third kappa shape index (κ3) is 4.28. The van der Waals surface area contributed by atoms with E-state index in [0.29, 0.717) is 0 Å². The molecule has 84 valence electrons. The van der Waals surface area contributed by atoms with Gasteiger partial charge >= 0.3 is 0 Å². The van der Waals surface area contributed by atoms with Crippen LogP contribution in [0.15, 0.2) is 35.3 Å². The highest BCUT2D eigenvalue weighted by Gasteiger charge is 2.19. The summed E-state index contributed by atoms with van der Waals surface area (Å²) in [4.78, 5) is 4.35. The third-order valence-electron chi connectivity index (χ3n) is 1.98. The van der Waals surface area contributed by atoms with Crippen LogP contribution in [0.1, 0.15) is 40.2 Å². The predicted molar refractivity (Wildman–Crippen MR) is 69.7 cm³/mol. The Labute approximate surface area is 94.3 Å². The summed E-state index contributed by atoms with van der Waals surface area (Å²) in [5.41, 5.74) is 2.50.